The highest BCUT2D eigenvalue weighted by Gasteiger charge is 2.18. The van der Waals surface area contributed by atoms with Crippen molar-refractivity contribution in [2.75, 3.05) is 0 Å². The van der Waals surface area contributed by atoms with Crippen molar-refractivity contribution in [2.24, 2.45) is 0 Å². The number of rotatable bonds is 3. The first-order chi connectivity index (χ1) is 8.23. The molecule has 0 aromatic carbocycles. The molecule has 0 aliphatic carbocycles. The Bertz CT molecular complexity index is 275. The first-order valence-corrected chi connectivity index (χ1v) is 5.41. The highest BCUT2D eigenvalue weighted by molar-refractivity contribution is 5.85. The molecule has 0 aliphatic rings. The van der Waals surface area contributed by atoms with Gasteiger partial charge in [-0.15, -0.1) is 0 Å². The van der Waals surface area contributed by atoms with E-state index in [1.165, 1.54) is 13.8 Å². The summed E-state index contributed by atoms with van der Waals surface area (Å²) in [7, 11) is 0. The highest BCUT2D eigenvalue weighted by Crippen LogP contribution is 2.05. The van der Waals surface area contributed by atoms with E-state index in [0.29, 0.717) is 0 Å². The number of carbonyl (C=O) groups is 2. The summed E-state index contributed by atoms with van der Waals surface area (Å²) >= 11 is 0. The zero-order chi connectivity index (χ0) is 16.4. The van der Waals surface area contributed by atoms with Crippen LogP contribution >= 0.6 is 0 Å². The van der Waals surface area contributed by atoms with Crippen LogP contribution in [0.3, 0.4) is 0 Å². The van der Waals surface area contributed by atoms with Crippen LogP contribution in [0.4, 0.5) is 0 Å². The summed E-state index contributed by atoms with van der Waals surface area (Å²) in [5.74, 6) is -1.87. The van der Waals surface area contributed by atoms with E-state index in [1.807, 2.05) is 0 Å². The van der Waals surface area contributed by atoms with E-state index in [2.05, 4.69) is 13.2 Å². The summed E-state index contributed by atoms with van der Waals surface area (Å²) < 4.78 is 0. The predicted molar refractivity (Wildman–Crippen MR) is 72.9 cm³/mol. The van der Waals surface area contributed by atoms with Crippen molar-refractivity contribution in [2.45, 2.75) is 46.3 Å². The summed E-state index contributed by atoms with van der Waals surface area (Å²) in [5, 5.41) is 33.3. The Balaban J connectivity index is -0.000000203. The minimum Gasteiger partial charge on any atom is -0.478 e. The normalized spacial score (nSPS) is 10.9. The smallest absolute Gasteiger partial charge is 0.330 e. The number of aliphatic hydroxyl groups is 2. The van der Waals surface area contributed by atoms with E-state index >= 15 is 0 Å². The molecule has 0 amide bonds. The zero-order valence-corrected chi connectivity index (χ0v) is 12.1. The van der Waals surface area contributed by atoms with Gasteiger partial charge in [0.05, 0.1) is 11.7 Å². The molecule has 0 saturated carbocycles. The molecule has 0 rings (SSSR count). The minimum atomic E-state index is -0.944. The van der Waals surface area contributed by atoms with Gasteiger partial charge in [0, 0.05) is 11.1 Å². The van der Waals surface area contributed by atoms with Crippen LogP contribution in [-0.4, -0.2) is 44.1 Å². The summed E-state index contributed by atoms with van der Waals surface area (Å²) in [6, 6.07) is 0. The minimum absolute atomic E-state index is 0.176. The molecule has 0 heterocycles. The van der Waals surface area contributed by atoms with Crippen molar-refractivity contribution in [1.29, 1.82) is 0 Å². The Morgan fingerprint density at radius 3 is 1.11 bits per heavy atom. The van der Waals surface area contributed by atoms with Gasteiger partial charge in [0.15, 0.2) is 0 Å². The predicted octanol–water partition coefficient (Wildman–Crippen LogP) is 1.43. The Kier molecular flexibility index (Phi) is 12.2. The molecule has 1 unspecified atom stereocenters. The highest BCUT2D eigenvalue weighted by atomic mass is 16.4. The van der Waals surface area contributed by atoms with Gasteiger partial charge in [-0.25, -0.2) is 9.59 Å². The molecule has 112 valence electrons. The summed E-state index contributed by atoms with van der Waals surface area (Å²) in [5.41, 5.74) is -0.593. The average molecular weight is 276 g/mol. The first-order valence-electron chi connectivity index (χ1n) is 5.41. The molecule has 0 radical (unpaired) electrons. The quantitative estimate of drug-likeness (QED) is 0.580. The molecule has 1 atom stereocenters. The summed E-state index contributed by atoms with van der Waals surface area (Å²) in [6.07, 6.45) is -0.646. The van der Waals surface area contributed by atoms with E-state index in [0.717, 1.165) is 0 Å². The Hall–Kier alpha value is -1.66. The van der Waals surface area contributed by atoms with Crippen LogP contribution < -0.4 is 0 Å². The van der Waals surface area contributed by atoms with Crippen molar-refractivity contribution in [3.05, 3.63) is 24.3 Å². The van der Waals surface area contributed by atoms with Crippen LogP contribution in [0.15, 0.2) is 24.3 Å². The molecule has 0 aromatic rings. The molecule has 0 aliphatic heterocycles. The van der Waals surface area contributed by atoms with Crippen molar-refractivity contribution >= 4 is 11.9 Å². The van der Waals surface area contributed by atoms with E-state index in [1.54, 1.807) is 20.8 Å². The third-order valence-electron chi connectivity index (χ3n) is 1.75. The van der Waals surface area contributed by atoms with Gasteiger partial charge in [0.1, 0.15) is 0 Å². The molecule has 6 nitrogen and oxygen atoms in total. The first kappa shape index (κ1) is 22.5. The number of hydrogen-bond donors (Lipinski definition) is 4. The molecule has 19 heavy (non-hydrogen) atoms. The van der Waals surface area contributed by atoms with Crippen LogP contribution in [0, 0.1) is 0 Å². The monoisotopic (exact) mass is 276 g/mol. The molecule has 0 fully saturated rings. The van der Waals surface area contributed by atoms with Gasteiger partial charge in [-0.3, -0.25) is 0 Å². The lowest BCUT2D eigenvalue weighted by molar-refractivity contribution is -0.133. The molecule has 0 aromatic heterocycles. The third kappa shape index (κ3) is 22.1. The van der Waals surface area contributed by atoms with Crippen molar-refractivity contribution in [3.8, 4) is 0 Å². The number of aliphatic hydroxyl groups excluding tert-OH is 1. The van der Waals surface area contributed by atoms with Crippen LogP contribution in [-0.2, 0) is 9.59 Å². The Morgan fingerprint density at radius 1 is 1.00 bits per heavy atom. The van der Waals surface area contributed by atoms with Crippen molar-refractivity contribution in [1.82, 2.24) is 0 Å². The molecule has 4 N–H and O–H groups in total. The van der Waals surface area contributed by atoms with Gasteiger partial charge >= 0.3 is 11.9 Å². The number of carboxylic acid groups (broad SMARTS) is 2. The zero-order valence-electron chi connectivity index (χ0n) is 12.1. The Morgan fingerprint density at radius 2 is 1.11 bits per heavy atom. The van der Waals surface area contributed by atoms with Crippen LogP contribution in [0.5, 0.6) is 0 Å². The molecular weight excluding hydrogens is 252 g/mol. The van der Waals surface area contributed by atoms with Gasteiger partial charge in [0.25, 0.3) is 0 Å². The maximum Gasteiger partial charge on any atom is 0.330 e. The third-order valence-corrected chi connectivity index (χ3v) is 1.75. The van der Waals surface area contributed by atoms with Gasteiger partial charge < -0.3 is 20.4 Å². The van der Waals surface area contributed by atoms with E-state index < -0.39 is 23.6 Å². The van der Waals surface area contributed by atoms with Gasteiger partial charge in [-0.05, 0) is 34.6 Å². The van der Waals surface area contributed by atoms with Crippen molar-refractivity contribution < 1.29 is 30.0 Å². The lowest BCUT2D eigenvalue weighted by Crippen LogP contribution is -2.32. The summed E-state index contributed by atoms with van der Waals surface area (Å²) in [6.45, 7) is 13.9. The fourth-order valence-corrected chi connectivity index (χ4v) is 0. The van der Waals surface area contributed by atoms with Crippen LogP contribution in [0.1, 0.15) is 34.6 Å². The second-order valence-corrected chi connectivity index (χ2v) is 4.50. The number of hydrogen-bond acceptors (Lipinski definition) is 4. The van der Waals surface area contributed by atoms with Gasteiger partial charge in [-0.1, -0.05) is 13.2 Å². The number of aliphatic carboxylic acids is 2. The molecule has 0 saturated heterocycles. The standard InChI is InChI=1S/C5H12O2.2C4H6O2/c1-4(6)5(2,3)7;2*1-3(2)4(5)6/h4,6-7H,1-3H3;2*1H2,2H3,(H,5,6). The average Bonchev–Trinajstić information content (AvgIpc) is 2.17. The second-order valence-electron chi connectivity index (χ2n) is 4.50. The lowest BCUT2D eigenvalue weighted by atomic mass is 10.0. The maximum absolute atomic E-state index is 9.60. The largest absolute Gasteiger partial charge is 0.478 e. The number of carboxylic acids is 2. The SMILES string of the molecule is C=C(C)C(=O)O.C=C(C)C(=O)O.CC(O)C(C)(C)O. The fourth-order valence-electron chi connectivity index (χ4n) is 0. The Labute approximate surface area is 113 Å². The van der Waals surface area contributed by atoms with E-state index in [4.69, 9.17) is 20.4 Å². The molecule has 6 heteroatoms. The fraction of sp³-hybridized carbons (Fsp3) is 0.538. The molecule has 0 bridgehead atoms. The second kappa shape index (κ2) is 10.3. The molecule has 0 spiro atoms. The maximum atomic E-state index is 9.60. The summed E-state index contributed by atoms with van der Waals surface area (Å²) in [4.78, 5) is 19.2. The van der Waals surface area contributed by atoms with Gasteiger partial charge in [0.2, 0.25) is 0 Å². The van der Waals surface area contributed by atoms with Gasteiger partial charge in [-0.2, -0.15) is 0 Å². The topological polar surface area (TPSA) is 115 Å². The van der Waals surface area contributed by atoms with E-state index in [-0.39, 0.29) is 11.1 Å². The van der Waals surface area contributed by atoms with Crippen LogP contribution in [0.2, 0.25) is 0 Å². The lowest BCUT2D eigenvalue weighted by Gasteiger charge is -2.19. The van der Waals surface area contributed by atoms with E-state index in [9.17, 15) is 9.59 Å². The van der Waals surface area contributed by atoms with Crippen LogP contribution in [0.25, 0.3) is 0 Å². The van der Waals surface area contributed by atoms with Crippen molar-refractivity contribution in [3.63, 3.8) is 0 Å². The molecular formula is C13H24O6.